The van der Waals surface area contributed by atoms with Crippen molar-refractivity contribution >= 4 is 23.1 Å². The summed E-state index contributed by atoms with van der Waals surface area (Å²) in [4.78, 5) is 12.8. The molecule has 0 atom stereocenters. The molecular weight excluding hydrogens is 450 g/mol. The second-order valence-corrected chi connectivity index (χ2v) is 8.85. The van der Waals surface area contributed by atoms with E-state index >= 15 is 0 Å². The van der Waals surface area contributed by atoms with Crippen molar-refractivity contribution in [3.8, 4) is 11.1 Å². The Morgan fingerprint density at radius 3 is 2.22 bits per heavy atom. The van der Waals surface area contributed by atoms with Crippen LogP contribution in [-0.2, 0) is 4.79 Å². The van der Waals surface area contributed by atoms with E-state index in [-0.39, 0.29) is 29.2 Å². The average molecular weight is 470 g/mol. The highest BCUT2D eigenvalue weighted by molar-refractivity contribution is 6.30. The molecule has 0 unspecified atom stereocenters. The molecule has 1 aliphatic carbocycles. The van der Waals surface area contributed by atoms with Crippen molar-refractivity contribution in [2.24, 2.45) is 0 Å². The number of hydrogen-bond donors (Lipinski definition) is 3. The molecule has 4 rings (SSSR count). The predicted molar refractivity (Wildman–Crippen MR) is 111 cm³/mol. The number of alkyl halides is 3. The number of hydrogen-bond acceptors (Lipinski definition) is 3. The van der Waals surface area contributed by atoms with Crippen LogP contribution in [0.15, 0.2) is 42.2 Å². The molecule has 0 aromatic heterocycles. The molecule has 9 heteroatoms. The van der Waals surface area contributed by atoms with Gasteiger partial charge in [-0.1, -0.05) is 29.8 Å². The lowest BCUT2D eigenvalue weighted by Gasteiger charge is -2.42. The summed E-state index contributed by atoms with van der Waals surface area (Å²) in [6, 6.07) is 9.33. The number of aliphatic hydroxyl groups excluding tert-OH is 1. The smallest absolute Gasteiger partial charge is 0.417 e. The Labute approximate surface area is 186 Å². The summed E-state index contributed by atoms with van der Waals surface area (Å²) in [7, 11) is 0. The lowest BCUT2D eigenvalue weighted by atomic mass is 9.73. The molecule has 4 nitrogen and oxygen atoms in total. The molecule has 1 saturated carbocycles. The third-order valence-corrected chi connectivity index (χ3v) is 6.79. The fourth-order valence-electron chi connectivity index (χ4n) is 4.42. The van der Waals surface area contributed by atoms with E-state index in [4.69, 9.17) is 11.6 Å². The molecular formula is C23H20ClF4NO3. The van der Waals surface area contributed by atoms with Gasteiger partial charge in [0, 0.05) is 0 Å². The number of carbonyl (C=O) groups is 1. The number of nitrogens with one attached hydrogen (secondary N) is 1. The predicted octanol–water partition coefficient (Wildman–Crippen LogP) is 5.46. The Balaban J connectivity index is 1.73. The van der Waals surface area contributed by atoms with Crippen LogP contribution in [-0.4, -0.2) is 33.4 Å². The Hall–Kier alpha value is -2.58. The molecule has 2 aromatic carbocycles. The summed E-state index contributed by atoms with van der Waals surface area (Å²) >= 11 is 5.74. The van der Waals surface area contributed by atoms with Crippen LogP contribution < -0.4 is 5.32 Å². The van der Waals surface area contributed by atoms with Crippen LogP contribution in [0.2, 0.25) is 5.02 Å². The fraction of sp³-hybridized carbons (Fsp3) is 0.348. The summed E-state index contributed by atoms with van der Waals surface area (Å²) in [6.07, 6.45) is -6.59. The van der Waals surface area contributed by atoms with E-state index in [1.165, 1.54) is 12.1 Å². The van der Waals surface area contributed by atoms with E-state index in [1.54, 1.807) is 31.2 Å². The SMILES string of the molecule is Cc1ccc(-c2ccc(Cl)c(F)c2)cc1C1=C(O)[C@]2(CC[C@](O)(C(F)(F)F)CC2)NC1=O. The minimum Gasteiger partial charge on any atom is -0.509 e. The summed E-state index contributed by atoms with van der Waals surface area (Å²) in [5.41, 5.74) is -2.11. The lowest BCUT2D eigenvalue weighted by Crippen LogP contribution is -2.56. The first-order valence-corrected chi connectivity index (χ1v) is 10.4. The Bertz CT molecular complexity index is 1130. The van der Waals surface area contributed by atoms with Crippen LogP contribution >= 0.6 is 11.6 Å². The molecule has 0 saturated heterocycles. The number of halogens is 5. The van der Waals surface area contributed by atoms with E-state index in [2.05, 4.69) is 5.32 Å². The third kappa shape index (κ3) is 3.55. The number of amides is 1. The number of carbonyl (C=O) groups excluding carboxylic acids is 1. The second kappa shape index (κ2) is 7.49. The number of aryl methyl sites for hydroxylation is 1. The molecule has 0 bridgehead atoms. The molecule has 170 valence electrons. The van der Waals surface area contributed by atoms with Crippen molar-refractivity contribution in [1.82, 2.24) is 5.32 Å². The van der Waals surface area contributed by atoms with Crippen molar-refractivity contribution in [3.05, 3.63) is 64.1 Å². The van der Waals surface area contributed by atoms with Crippen molar-refractivity contribution in [2.75, 3.05) is 0 Å². The normalized spacial score (nSPS) is 26.0. The molecule has 1 heterocycles. The number of rotatable bonds is 2. The van der Waals surface area contributed by atoms with Crippen molar-refractivity contribution in [2.45, 2.75) is 49.9 Å². The van der Waals surface area contributed by atoms with Gasteiger partial charge in [0.05, 0.1) is 16.1 Å². The highest BCUT2D eigenvalue weighted by Crippen LogP contribution is 2.49. The molecule has 2 aliphatic rings. The zero-order valence-electron chi connectivity index (χ0n) is 17.0. The molecule has 1 aliphatic heterocycles. The standard InChI is InChI=1S/C23H20ClF4NO3/c1-12-2-3-13(14-4-5-16(24)17(25)11-14)10-15(12)18-19(30)21(29-20(18)31)6-8-22(32,9-7-21)23(26,27)28/h2-5,10-11,30,32H,6-9H2,1H3,(H,29,31)/t21-,22-. The summed E-state index contributed by atoms with van der Waals surface area (Å²) in [6.45, 7) is 1.73. The van der Waals surface area contributed by atoms with Gasteiger partial charge in [-0.05, 0) is 73.1 Å². The van der Waals surface area contributed by atoms with Crippen LogP contribution in [0.25, 0.3) is 16.7 Å². The highest BCUT2D eigenvalue weighted by atomic mass is 35.5. The van der Waals surface area contributed by atoms with Crippen LogP contribution in [0.3, 0.4) is 0 Å². The first-order valence-electron chi connectivity index (χ1n) is 9.99. The van der Waals surface area contributed by atoms with Crippen LogP contribution in [0, 0.1) is 12.7 Å². The van der Waals surface area contributed by atoms with E-state index in [0.29, 0.717) is 22.3 Å². The molecule has 1 amide bonds. The Kier molecular flexibility index (Phi) is 5.29. The van der Waals surface area contributed by atoms with E-state index in [0.717, 1.165) is 0 Å². The minimum atomic E-state index is -4.79. The highest BCUT2D eigenvalue weighted by Gasteiger charge is 2.59. The van der Waals surface area contributed by atoms with Crippen molar-refractivity contribution in [1.29, 1.82) is 0 Å². The number of benzene rings is 2. The first-order chi connectivity index (χ1) is 14.9. The van der Waals surface area contributed by atoms with Gasteiger partial charge in [0.15, 0.2) is 5.60 Å². The number of aliphatic hydroxyl groups is 2. The van der Waals surface area contributed by atoms with E-state index in [9.17, 15) is 32.6 Å². The lowest BCUT2D eigenvalue weighted by molar-refractivity contribution is -0.272. The van der Waals surface area contributed by atoms with Gasteiger partial charge in [0.25, 0.3) is 5.91 Å². The molecule has 32 heavy (non-hydrogen) atoms. The molecule has 3 N–H and O–H groups in total. The monoisotopic (exact) mass is 469 g/mol. The van der Waals surface area contributed by atoms with E-state index < -0.39 is 41.9 Å². The van der Waals surface area contributed by atoms with Gasteiger partial charge in [0.1, 0.15) is 11.6 Å². The second-order valence-electron chi connectivity index (χ2n) is 8.45. The van der Waals surface area contributed by atoms with Gasteiger partial charge in [-0.25, -0.2) is 4.39 Å². The van der Waals surface area contributed by atoms with Crippen LogP contribution in [0.4, 0.5) is 17.6 Å². The zero-order valence-corrected chi connectivity index (χ0v) is 17.7. The molecule has 0 radical (unpaired) electrons. The minimum absolute atomic E-state index is 0.0313. The summed E-state index contributed by atoms with van der Waals surface area (Å²) in [5, 5.41) is 23.6. The Morgan fingerprint density at radius 1 is 1.03 bits per heavy atom. The fourth-order valence-corrected chi connectivity index (χ4v) is 4.54. The maximum Gasteiger partial charge on any atom is 0.417 e. The first kappa shape index (κ1) is 22.6. The van der Waals surface area contributed by atoms with Crippen molar-refractivity contribution < 1.29 is 32.6 Å². The average Bonchev–Trinajstić information content (AvgIpc) is 2.96. The maximum atomic E-state index is 13.9. The molecule has 1 fully saturated rings. The zero-order chi connectivity index (χ0) is 23.5. The quantitative estimate of drug-likeness (QED) is 0.512. The van der Waals surface area contributed by atoms with Crippen molar-refractivity contribution in [3.63, 3.8) is 0 Å². The summed E-state index contributed by atoms with van der Waals surface area (Å²) in [5.74, 6) is -1.55. The van der Waals surface area contributed by atoms with Crippen LogP contribution in [0.5, 0.6) is 0 Å². The Morgan fingerprint density at radius 2 is 1.62 bits per heavy atom. The maximum absolute atomic E-state index is 13.9. The van der Waals surface area contributed by atoms with Gasteiger partial charge in [-0.2, -0.15) is 13.2 Å². The van der Waals surface area contributed by atoms with Gasteiger partial charge < -0.3 is 15.5 Å². The third-order valence-electron chi connectivity index (χ3n) is 6.49. The molecule has 2 aromatic rings. The van der Waals surface area contributed by atoms with Gasteiger partial charge in [0.2, 0.25) is 0 Å². The van der Waals surface area contributed by atoms with E-state index in [1.807, 2.05) is 0 Å². The topological polar surface area (TPSA) is 69.6 Å². The van der Waals surface area contributed by atoms with Crippen LogP contribution in [0.1, 0.15) is 36.8 Å². The summed E-state index contributed by atoms with van der Waals surface area (Å²) < 4.78 is 53.5. The molecule has 1 spiro atoms. The van der Waals surface area contributed by atoms with Gasteiger partial charge in [-0.15, -0.1) is 0 Å². The largest absolute Gasteiger partial charge is 0.509 e. The van der Waals surface area contributed by atoms with Gasteiger partial charge >= 0.3 is 6.18 Å². The van der Waals surface area contributed by atoms with Gasteiger partial charge in [-0.3, -0.25) is 4.79 Å².